The Hall–Kier alpha value is -2.32. The maximum atomic E-state index is 11.8. The molecule has 0 heterocycles. The highest BCUT2D eigenvalue weighted by Gasteiger charge is 2.17. The SMILES string of the molecule is [N-]=[N+]=NC(C=Cc1ccccc1)=C1CCCCC1=O. The number of rotatable bonds is 3. The van der Waals surface area contributed by atoms with Gasteiger partial charge >= 0.3 is 0 Å². The summed E-state index contributed by atoms with van der Waals surface area (Å²) >= 11 is 0. The molecule has 0 aromatic heterocycles. The molecule has 1 aliphatic rings. The summed E-state index contributed by atoms with van der Waals surface area (Å²) < 4.78 is 0. The smallest absolute Gasteiger partial charge is 0.159 e. The predicted molar refractivity (Wildman–Crippen MR) is 75.1 cm³/mol. The number of azide groups is 1. The summed E-state index contributed by atoms with van der Waals surface area (Å²) in [6, 6.07) is 9.72. The molecule has 0 bridgehead atoms. The molecule has 96 valence electrons. The van der Waals surface area contributed by atoms with Crippen LogP contribution < -0.4 is 0 Å². The van der Waals surface area contributed by atoms with Gasteiger partial charge < -0.3 is 0 Å². The Morgan fingerprint density at radius 3 is 2.63 bits per heavy atom. The summed E-state index contributed by atoms with van der Waals surface area (Å²) in [5.74, 6) is 0.103. The lowest BCUT2D eigenvalue weighted by Crippen LogP contribution is -2.10. The lowest BCUT2D eigenvalue weighted by molar-refractivity contribution is -0.116. The molecule has 0 N–H and O–H groups in total. The first-order valence-electron chi connectivity index (χ1n) is 6.36. The topological polar surface area (TPSA) is 65.8 Å². The molecule has 0 spiro atoms. The first-order chi connectivity index (χ1) is 9.31. The summed E-state index contributed by atoms with van der Waals surface area (Å²) in [5.41, 5.74) is 10.8. The van der Waals surface area contributed by atoms with E-state index in [4.69, 9.17) is 5.53 Å². The molecule has 0 unspecified atom stereocenters. The second-order valence-electron chi connectivity index (χ2n) is 4.43. The molecule has 0 radical (unpaired) electrons. The van der Waals surface area contributed by atoms with Crippen LogP contribution in [0.1, 0.15) is 31.2 Å². The fourth-order valence-electron chi connectivity index (χ4n) is 2.13. The van der Waals surface area contributed by atoms with Crippen LogP contribution in [-0.2, 0) is 4.79 Å². The third-order valence-electron chi connectivity index (χ3n) is 3.11. The maximum absolute atomic E-state index is 11.8. The standard InChI is InChI=1S/C15H15N3O/c16-18-17-14(13-8-4-5-9-15(13)19)11-10-12-6-2-1-3-7-12/h1-3,6-7,10-11H,4-5,8-9H2. The van der Waals surface area contributed by atoms with Gasteiger partial charge in [0.1, 0.15) is 0 Å². The number of allylic oxidation sites excluding steroid dienone is 2. The molecular weight excluding hydrogens is 238 g/mol. The third kappa shape index (κ3) is 3.57. The van der Waals surface area contributed by atoms with Crippen LogP contribution in [0, 0.1) is 0 Å². The fraction of sp³-hybridized carbons (Fsp3) is 0.267. The van der Waals surface area contributed by atoms with Crippen LogP contribution in [0.4, 0.5) is 0 Å². The number of carbonyl (C=O) groups excluding carboxylic acids is 1. The Morgan fingerprint density at radius 1 is 1.21 bits per heavy atom. The molecule has 0 aliphatic heterocycles. The first kappa shape index (κ1) is 13.1. The average Bonchev–Trinajstić information content (AvgIpc) is 2.45. The molecule has 4 heteroatoms. The number of Topliss-reactive ketones (excluding diaryl/α,β-unsaturated/α-hetero) is 1. The van der Waals surface area contributed by atoms with Gasteiger partial charge in [-0.15, -0.1) is 0 Å². The minimum Gasteiger partial charge on any atom is -0.295 e. The van der Waals surface area contributed by atoms with Crippen molar-refractivity contribution in [3.63, 3.8) is 0 Å². The molecule has 1 aromatic carbocycles. The van der Waals surface area contributed by atoms with E-state index in [9.17, 15) is 4.79 Å². The van der Waals surface area contributed by atoms with Gasteiger partial charge in [-0.1, -0.05) is 47.6 Å². The Bertz CT molecular complexity index is 566. The molecule has 0 amide bonds. The van der Waals surface area contributed by atoms with Crippen molar-refractivity contribution in [1.29, 1.82) is 0 Å². The first-order valence-corrected chi connectivity index (χ1v) is 6.36. The van der Waals surface area contributed by atoms with Crippen molar-refractivity contribution < 1.29 is 4.79 Å². The molecule has 1 aliphatic carbocycles. The van der Waals surface area contributed by atoms with Gasteiger partial charge in [-0.25, -0.2) is 0 Å². The van der Waals surface area contributed by atoms with E-state index in [0.29, 0.717) is 24.1 Å². The molecule has 0 atom stereocenters. The second-order valence-corrected chi connectivity index (χ2v) is 4.43. The molecule has 4 nitrogen and oxygen atoms in total. The van der Waals surface area contributed by atoms with Gasteiger partial charge in [-0.05, 0) is 30.4 Å². The number of ketones is 1. The Kier molecular flexibility index (Phi) is 4.54. The van der Waals surface area contributed by atoms with Crippen molar-refractivity contribution in [3.8, 4) is 0 Å². The Morgan fingerprint density at radius 2 is 1.95 bits per heavy atom. The minimum absolute atomic E-state index is 0.103. The zero-order chi connectivity index (χ0) is 13.5. The van der Waals surface area contributed by atoms with E-state index in [1.807, 2.05) is 36.4 Å². The van der Waals surface area contributed by atoms with E-state index in [0.717, 1.165) is 18.4 Å². The molecule has 1 fully saturated rings. The van der Waals surface area contributed by atoms with Crippen LogP contribution in [0.25, 0.3) is 16.5 Å². The lowest BCUT2D eigenvalue weighted by Gasteiger charge is -2.13. The highest BCUT2D eigenvalue weighted by atomic mass is 16.1. The van der Waals surface area contributed by atoms with Gasteiger partial charge in [0.2, 0.25) is 0 Å². The van der Waals surface area contributed by atoms with Crippen LogP contribution in [0.5, 0.6) is 0 Å². The number of nitrogens with zero attached hydrogens (tertiary/aromatic N) is 3. The summed E-state index contributed by atoms with van der Waals surface area (Å²) in [5, 5.41) is 3.67. The molecular formula is C15H15N3O. The van der Waals surface area contributed by atoms with Gasteiger partial charge in [-0.2, -0.15) is 0 Å². The van der Waals surface area contributed by atoms with E-state index in [-0.39, 0.29) is 5.78 Å². The maximum Gasteiger partial charge on any atom is 0.159 e. The van der Waals surface area contributed by atoms with Crippen molar-refractivity contribution in [2.45, 2.75) is 25.7 Å². The zero-order valence-electron chi connectivity index (χ0n) is 10.6. The lowest BCUT2D eigenvalue weighted by atomic mass is 9.92. The third-order valence-corrected chi connectivity index (χ3v) is 3.11. The quantitative estimate of drug-likeness (QED) is 0.340. The summed E-state index contributed by atoms with van der Waals surface area (Å²) in [6.07, 6.45) is 6.75. The number of hydrogen-bond donors (Lipinski definition) is 0. The van der Waals surface area contributed by atoms with E-state index >= 15 is 0 Å². The summed E-state index contributed by atoms with van der Waals surface area (Å²) in [7, 11) is 0. The van der Waals surface area contributed by atoms with Crippen LogP contribution in [0.3, 0.4) is 0 Å². The van der Waals surface area contributed by atoms with Crippen molar-refractivity contribution in [3.05, 3.63) is 63.7 Å². The monoisotopic (exact) mass is 253 g/mol. The van der Waals surface area contributed by atoms with Gasteiger partial charge in [0.05, 0.1) is 0 Å². The van der Waals surface area contributed by atoms with Gasteiger partial charge in [0.15, 0.2) is 5.78 Å². The average molecular weight is 253 g/mol. The van der Waals surface area contributed by atoms with Crippen molar-refractivity contribution >= 4 is 11.9 Å². The Balaban J connectivity index is 2.30. The highest BCUT2D eigenvalue weighted by Crippen LogP contribution is 2.24. The normalized spacial score (nSPS) is 18.2. The fourth-order valence-corrected chi connectivity index (χ4v) is 2.13. The molecule has 19 heavy (non-hydrogen) atoms. The van der Waals surface area contributed by atoms with E-state index in [1.54, 1.807) is 6.08 Å². The van der Waals surface area contributed by atoms with E-state index in [1.165, 1.54) is 0 Å². The molecule has 2 rings (SSSR count). The van der Waals surface area contributed by atoms with Gasteiger partial charge in [0, 0.05) is 22.6 Å². The van der Waals surface area contributed by atoms with Gasteiger partial charge in [0.25, 0.3) is 0 Å². The second kappa shape index (κ2) is 6.57. The van der Waals surface area contributed by atoms with Crippen LogP contribution in [0.15, 0.2) is 52.8 Å². The number of carbonyl (C=O) groups is 1. The van der Waals surface area contributed by atoms with E-state index < -0.39 is 0 Å². The van der Waals surface area contributed by atoms with Crippen LogP contribution in [0.2, 0.25) is 0 Å². The van der Waals surface area contributed by atoms with Crippen molar-refractivity contribution in [2.24, 2.45) is 5.11 Å². The molecule has 1 saturated carbocycles. The van der Waals surface area contributed by atoms with Crippen molar-refractivity contribution in [2.75, 3.05) is 0 Å². The number of hydrogen-bond acceptors (Lipinski definition) is 2. The molecule has 0 saturated heterocycles. The Labute approximate surface area is 112 Å². The molecule has 1 aromatic rings. The largest absolute Gasteiger partial charge is 0.295 e. The van der Waals surface area contributed by atoms with Gasteiger partial charge in [-0.3, -0.25) is 4.79 Å². The minimum atomic E-state index is 0.103. The van der Waals surface area contributed by atoms with E-state index in [2.05, 4.69) is 10.0 Å². The zero-order valence-corrected chi connectivity index (χ0v) is 10.6. The summed E-state index contributed by atoms with van der Waals surface area (Å²) in [6.45, 7) is 0. The van der Waals surface area contributed by atoms with Crippen LogP contribution >= 0.6 is 0 Å². The van der Waals surface area contributed by atoms with Crippen molar-refractivity contribution in [1.82, 2.24) is 0 Å². The number of benzene rings is 1. The van der Waals surface area contributed by atoms with Crippen LogP contribution in [-0.4, -0.2) is 5.78 Å². The predicted octanol–water partition coefficient (Wildman–Crippen LogP) is 4.41. The highest BCUT2D eigenvalue weighted by molar-refractivity contribution is 5.97. The summed E-state index contributed by atoms with van der Waals surface area (Å²) in [4.78, 5) is 14.7.